The first-order valence-corrected chi connectivity index (χ1v) is 4.36. The summed E-state index contributed by atoms with van der Waals surface area (Å²) in [5.41, 5.74) is 6.90. The van der Waals surface area contributed by atoms with Crippen molar-refractivity contribution in [2.75, 3.05) is 0 Å². The van der Waals surface area contributed by atoms with Crippen molar-refractivity contribution in [3.63, 3.8) is 0 Å². The number of imidazole rings is 1. The molecule has 0 aliphatic rings. The Bertz CT molecular complexity index is 369. The number of nitrogens with zero attached hydrogens (tertiary/aromatic N) is 3. The molecule has 0 radical (unpaired) electrons. The lowest BCUT2D eigenvalue weighted by Gasteiger charge is -2.07. The summed E-state index contributed by atoms with van der Waals surface area (Å²) in [4.78, 5) is 15.1. The topological polar surface area (TPSA) is 80.5 Å². The number of aromatic nitrogens is 4. The average molecular weight is 189 g/mol. The highest BCUT2D eigenvalue weighted by Crippen LogP contribution is 2.08. The molecule has 0 saturated carbocycles. The molecule has 1 unspecified atom stereocenters. The maximum atomic E-state index is 5.91. The number of aromatic amines is 1. The molecule has 0 spiro atoms. The molecule has 2 aromatic heterocycles. The second kappa shape index (κ2) is 3.97. The fourth-order valence-electron chi connectivity index (χ4n) is 1.23. The van der Waals surface area contributed by atoms with Gasteiger partial charge in [-0.05, 0) is 6.07 Å². The van der Waals surface area contributed by atoms with Crippen LogP contribution in [0, 0.1) is 0 Å². The van der Waals surface area contributed by atoms with Crippen LogP contribution >= 0.6 is 0 Å². The Morgan fingerprint density at radius 3 is 2.79 bits per heavy atom. The van der Waals surface area contributed by atoms with Gasteiger partial charge in [0.25, 0.3) is 0 Å². The number of nitrogens with two attached hydrogens (primary N) is 1. The largest absolute Gasteiger partial charge is 0.348 e. The van der Waals surface area contributed by atoms with Gasteiger partial charge in [0.15, 0.2) is 0 Å². The van der Waals surface area contributed by atoms with Crippen molar-refractivity contribution in [3.05, 3.63) is 42.5 Å². The van der Waals surface area contributed by atoms with Gasteiger partial charge in [-0.1, -0.05) is 0 Å². The summed E-state index contributed by atoms with van der Waals surface area (Å²) in [6, 6.07) is 1.59. The van der Waals surface area contributed by atoms with E-state index in [0.717, 1.165) is 5.69 Å². The van der Waals surface area contributed by atoms with E-state index in [9.17, 15) is 0 Å². The lowest BCUT2D eigenvalue weighted by molar-refractivity contribution is 0.658. The smallest absolute Gasteiger partial charge is 0.145 e. The van der Waals surface area contributed by atoms with E-state index in [-0.39, 0.29) is 6.04 Å². The number of nitrogens with one attached hydrogen (secondary N) is 1. The molecule has 1 atom stereocenters. The molecule has 0 aliphatic carbocycles. The van der Waals surface area contributed by atoms with E-state index in [0.29, 0.717) is 12.2 Å². The number of hydrogen-bond donors (Lipinski definition) is 2. The Kier molecular flexibility index (Phi) is 2.51. The number of hydrogen-bond acceptors (Lipinski definition) is 4. The van der Waals surface area contributed by atoms with Crippen LogP contribution in [-0.2, 0) is 6.42 Å². The second-order valence-electron chi connectivity index (χ2n) is 2.99. The molecule has 5 nitrogen and oxygen atoms in total. The minimum atomic E-state index is -0.184. The van der Waals surface area contributed by atoms with Crippen LogP contribution in [-0.4, -0.2) is 19.9 Å². The van der Waals surface area contributed by atoms with Crippen molar-refractivity contribution in [3.8, 4) is 0 Å². The average Bonchev–Trinajstić information content (AvgIpc) is 2.72. The van der Waals surface area contributed by atoms with E-state index < -0.39 is 0 Å². The van der Waals surface area contributed by atoms with Crippen LogP contribution < -0.4 is 5.73 Å². The van der Waals surface area contributed by atoms with Crippen LogP contribution in [0.15, 0.2) is 31.0 Å². The van der Waals surface area contributed by atoms with E-state index in [4.69, 9.17) is 5.73 Å². The van der Waals surface area contributed by atoms with Crippen LogP contribution in [0.4, 0.5) is 0 Å². The van der Waals surface area contributed by atoms with Crippen molar-refractivity contribution in [2.45, 2.75) is 12.5 Å². The standard InChI is InChI=1S/C9H11N5/c10-8(4-7-5-11-6-14-7)9-12-2-1-3-13-9/h1-3,5-6,8H,4,10H2,(H,11,14). The van der Waals surface area contributed by atoms with Gasteiger partial charge in [0, 0.05) is 30.7 Å². The second-order valence-corrected chi connectivity index (χ2v) is 2.99. The SMILES string of the molecule is NC(Cc1cnc[nH]1)c1ncccn1. The monoisotopic (exact) mass is 189 g/mol. The minimum Gasteiger partial charge on any atom is -0.348 e. The number of H-pyrrole nitrogens is 1. The molecule has 0 saturated heterocycles. The third-order valence-electron chi connectivity index (χ3n) is 1.91. The Morgan fingerprint density at radius 2 is 2.14 bits per heavy atom. The van der Waals surface area contributed by atoms with Gasteiger partial charge in [-0.2, -0.15) is 0 Å². The van der Waals surface area contributed by atoms with Crippen LogP contribution in [0.3, 0.4) is 0 Å². The summed E-state index contributed by atoms with van der Waals surface area (Å²) in [5.74, 6) is 0.655. The third-order valence-corrected chi connectivity index (χ3v) is 1.91. The fourth-order valence-corrected chi connectivity index (χ4v) is 1.23. The fraction of sp³-hybridized carbons (Fsp3) is 0.222. The predicted molar refractivity (Wildman–Crippen MR) is 51.3 cm³/mol. The zero-order valence-corrected chi connectivity index (χ0v) is 7.59. The normalized spacial score (nSPS) is 12.6. The van der Waals surface area contributed by atoms with Crippen molar-refractivity contribution in [1.29, 1.82) is 0 Å². The van der Waals surface area contributed by atoms with Crippen molar-refractivity contribution in [2.24, 2.45) is 5.73 Å². The molecule has 2 heterocycles. The zero-order valence-electron chi connectivity index (χ0n) is 7.59. The first-order chi connectivity index (χ1) is 6.86. The molecule has 5 heteroatoms. The van der Waals surface area contributed by atoms with Gasteiger partial charge in [0.05, 0.1) is 12.4 Å². The van der Waals surface area contributed by atoms with Gasteiger partial charge in [-0.15, -0.1) is 0 Å². The lowest BCUT2D eigenvalue weighted by atomic mass is 10.1. The van der Waals surface area contributed by atoms with Crippen LogP contribution in [0.1, 0.15) is 17.6 Å². The summed E-state index contributed by atoms with van der Waals surface area (Å²) in [6.45, 7) is 0. The summed E-state index contributed by atoms with van der Waals surface area (Å²) >= 11 is 0. The zero-order chi connectivity index (χ0) is 9.80. The molecular formula is C9H11N5. The van der Waals surface area contributed by atoms with Crippen molar-refractivity contribution in [1.82, 2.24) is 19.9 Å². The van der Waals surface area contributed by atoms with Gasteiger partial charge >= 0.3 is 0 Å². The van der Waals surface area contributed by atoms with Gasteiger partial charge in [0.1, 0.15) is 5.82 Å². The summed E-state index contributed by atoms with van der Waals surface area (Å²) in [5, 5.41) is 0. The molecule has 72 valence electrons. The quantitative estimate of drug-likeness (QED) is 0.734. The Balaban J connectivity index is 2.07. The molecule has 0 aromatic carbocycles. The van der Waals surface area contributed by atoms with Gasteiger partial charge in [0.2, 0.25) is 0 Å². The highest BCUT2D eigenvalue weighted by Gasteiger charge is 2.09. The van der Waals surface area contributed by atoms with E-state index >= 15 is 0 Å². The lowest BCUT2D eigenvalue weighted by Crippen LogP contribution is -2.16. The van der Waals surface area contributed by atoms with E-state index in [2.05, 4.69) is 19.9 Å². The number of rotatable bonds is 3. The first kappa shape index (κ1) is 8.83. The van der Waals surface area contributed by atoms with E-state index in [1.807, 2.05) is 0 Å². The van der Waals surface area contributed by atoms with Crippen LogP contribution in [0.25, 0.3) is 0 Å². The molecular weight excluding hydrogens is 178 g/mol. The Hall–Kier alpha value is -1.75. The molecule has 14 heavy (non-hydrogen) atoms. The summed E-state index contributed by atoms with van der Waals surface area (Å²) < 4.78 is 0. The third kappa shape index (κ3) is 1.94. The Morgan fingerprint density at radius 1 is 1.36 bits per heavy atom. The highest BCUT2D eigenvalue weighted by molar-refractivity contribution is 5.03. The molecule has 0 bridgehead atoms. The molecule has 0 amide bonds. The molecule has 2 aromatic rings. The van der Waals surface area contributed by atoms with Crippen molar-refractivity contribution < 1.29 is 0 Å². The molecule has 0 aliphatic heterocycles. The van der Waals surface area contributed by atoms with Crippen LogP contribution in [0.5, 0.6) is 0 Å². The first-order valence-electron chi connectivity index (χ1n) is 4.36. The molecule has 2 rings (SSSR count). The Labute approximate surface area is 81.4 Å². The summed E-state index contributed by atoms with van der Waals surface area (Å²) in [6.07, 6.45) is 7.44. The van der Waals surface area contributed by atoms with E-state index in [1.54, 1.807) is 31.0 Å². The van der Waals surface area contributed by atoms with Gasteiger partial charge < -0.3 is 10.7 Å². The molecule has 3 N–H and O–H groups in total. The van der Waals surface area contributed by atoms with Crippen molar-refractivity contribution >= 4 is 0 Å². The van der Waals surface area contributed by atoms with Gasteiger partial charge in [-0.25, -0.2) is 15.0 Å². The molecule has 0 fully saturated rings. The maximum Gasteiger partial charge on any atom is 0.145 e. The van der Waals surface area contributed by atoms with Gasteiger partial charge in [-0.3, -0.25) is 0 Å². The maximum absolute atomic E-state index is 5.91. The van der Waals surface area contributed by atoms with E-state index in [1.165, 1.54) is 0 Å². The minimum absolute atomic E-state index is 0.184. The predicted octanol–water partition coefficient (Wildman–Crippen LogP) is 0.442. The van der Waals surface area contributed by atoms with Crippen LogP contribution in [0.2, 0.25) is 0 Å². The highest BCUT2D eigenvalue weighted by atomic mass is 14.9. The summed E-state index contributed by atoms with van der Waals surface area (Å²) in [7, 11) is 0.